The summed E-state index contributed by atoms with van der Waals surface area (Å²) in [6, 6.07) is 14.7. The van der Waals surface area contributed by atoms with E-state index in [0.29, 0.717) is 23.5 Å². The van der Waals surface area contributed by atoms with Gasteiger partial charge in [0.15, 0.2) is 5.69 Å². The Balaban J connectivity index is 1.74. The van der Waals surface area contributed by atoms with E-state index in [1.54, 1.807) is 41.2 Å². The van der Waals surface area contributed by atoms with Crippen molar-refractivity contribution >= 4 is 29.3 Å². The molecule has 0 saturated heterocycles. The first-order chi connectivity index (χ1) is 13.5. The molecule has 0 fully saturated rings. The molecule has 0 spiro atoms. The van der Waals surface area contributed by atoms with Crippen molar-refractivity contribution in [3.8, 4) is 0 Å². The summed E-state index contributed by atoms with van der Waals surface area (Å²) in [5, 5.41) is 9.65. The molecule has 0 saturated carbocycles. The first-order valence-corrected chi connectivity index (χ1v) is 8.73. The van der Waals surface area contributed by atoms with Gasteiger partial charge in [0.2, 0.25) is 5.91 Å². The van der Waals surface area contributed by atoms with Crippen molar-refractivity contribution in [1.82, 2.24) is 9.78 Å². The van der Waals surface area contributed by atoms with Gasteiger partial charge < -0.3 is 10.6 Å². The minimum atomic E-state index is -0.422. The van der Waals surface area contributed by atoms with Gasteiger partial charge >= 0.3 is 0 Å². The molecule has 1 aromatic heterocycles. The van der Waals surface area contributed by atoms with E-state index in [4.69, 9.17) is 0 Å². The van der Waals surface area contributed by atoms with Crippen LogP contribution in [0, 0.1) is 5.82 Å². The molecule has 1 heterocycles. The van der Waals surface area contributed by atoms with Crippen LogP contribution in [0.5, 0.6) is 0 Å². The summed E-state index contributed by atoms with van der Waals surface area (Å²) in [6.45, 7) is 2.43. The van der Waals surface area contributed by atoms with Gasteiger partial charge in [0, 0.05) is 24.5 Å². The zero-order valence-electron chi connectivity index (χ0n) is 15.2. The zero-order chi connectivity index (χ0) is 19.9. The second-order valence-corrected chi connectivity index (χ2v) is 5.94. The molecule has 0 aliphatic rings. The second kappa shape index (κ2) is 8.77. The number of para-hydroxylation sites is 1. The number of amides is 2. The quantitative estimate of drug-likeness (QED) is 0.638. The van der Waals surface area contributed by atoms with Crippen LogP contribution < -0.4 is 10.6 Å². The lowest BCUT2D eigenvalue weighted by Crippen LogP contribution is -2.17. The van der Waals surface area contributed by atoms with Crippen molar-refractivity contribution in [2.45, 2.75) is 13.5 Å². The summed E-state index contributed by atoms with van der Waals surface area (Å²) in [6.07, 6.45) is 4.47. The topological polar surface area (TPSA) is 76.0 Å². The monoisotopic (exact) mass is 378 g/mol. The highest BCUT2D eigenvalue weighted by atomic mass is 19.1. The number of carbonyl (C=O) groups excluding carboxylic acids is 2. The number of benzene rings is 2. The summed E-state index contributed by atoms with van der Waals surface area (Å²) in [4.78, 5) is 24.8. The Morgan fingerprint density at radius 1 is 1.07 bits per heavy atom. The highest BCUT2D eigenvalue weighted by Crippen LogP contribution is 2.17. The fourth-order valence-electron chi connectivity index (χ4n) is 2.47. The maximum absolute atomic E-state index is 12.9. The Morgan fingerprint density at radius 2 is 1.79 bits per heavy atom. The number of aromatic nitrogens is 2. The van der Waals surface area contributed by atoms with E-state index in [9.17, 15) is 14.0 Å². The third-order valence-corrected chi connectivity index (χ3v) is 3.89. The molecule has 0 bridgehead atoms. The van der Waals surface area contributed by atoms with E-state index in [1.807, 2.05) is 25.1 Å². The van der Waals surface area contributed by atoms with Crippen LogP contribution in [-0.2, 0) is 11.3 Å². The predicted octanol–water partition coefficient (Wildman–Crippen LogP) is 3.95. The lowest BCUT2D eigenvalue weighted by molar-refractivity contribution is -0.111. The van der Waals surface area contributed by atoms with Gasteiger partial charge in [0.1, 0.15) is 5.82 Å². The standard InChI is InChI=1S/C21H19FN4O2/c1-2-26-14-18(20(25-26)21(28)23-17-6-4-3-5-7-17)24-19(27)13-10-15-8-11-16(22)12-9-15/h3-14H,2H2,1H3,(H,23,28)(H,24,27)/b13-10+. The lowest BCUT2D eigenvalue weighted by Gasteiger charge is -2.05. The number of carbonyl (C=O) groups is 2. The smallest absolute Gasteiger partial charge is 0.278 e. The number of rotatable bonds is 6. The van der Waals surface area contributed by atoms with Crippen LogP contribution in [-0.4, -0.2) is 21.6 Å². The molecule has 0 unspecified atom stereocenters. The molecule has 0 radical (unpaired) electrons. The van der Waals surface area contributed by atoms with Gasteiger partial charge in [-0.15, -0.1) is 0 Å². The molecule has 0 atom stereocenters. The third-order valence-electron chi connectivity index (χ3n) is 3.89. The first kappa shape index (κ1) is 19.0. The van der Waals surface area contributed by atoms with Gasteiger partial charge in [-0.25, -0.2) is 4.39 Å². The summed E-state index contributed by atoms with van der Waals surface area (Å²) >= 11 is 0. The van der Waals surface area contributed by atoms with Gasteiger partial charge in [-0.1, -0.05) is 30.3 Å². The Bertz CT molecular complexity index is 995. The van der Waals surface area contributed by atoms with Crippen molar-refractivity contribution in [3.05, 3.63) is 83.9 Å². The Morgan fingerprint density at radius 3 is 2.46 bits per heavy atom. The molecular weight excluding hydrogens is 359 g/mol. The third kappa shape index (κ3) is 4.91. The summed E-state index contributed by atoms with van der Waals surface area (Å²) < 4.78 is 14.5. The maximum Gasteiger partial charge on any atom is 0.278 e. The van der Waals surface area contributed by atoms with Crippen LogP contribution in [0.15, 0.2) is 66.9 Å². The molecule has 142 valence electrons. The van der Waals surface area contributed by atoms with Crippen LogP contribution in [0.3, 0.4) is 0 Å². The Hall–Kier alpha value is -3.74. The van der Waals surface area contributed by atoms with Gasteiger partial charge in [-0.2, -0.15) is 5.10 Å². The number of hydrogen-bond donors (Lipinski definition) is 2. The van der Waals surface area contributed by atoms with Crippen LogP contribution >= 0.6 is 0 Å². The van der Waals surface area contributed by atoms with E-state index in [2.05, 4.69) is 15.7 Å². The summed E-state index contributed by atoms with van der Waals surface area (Å²) in [5.74, 6) is -1.19. The fraction of sp³-hybridized carbons (Fsp3) is 0.0952. The molecule has 28 heavy (non-hydrogen) atoms. The molecule has 2 N–H and O–H groups in total. The largest absolute Gasteiger partial charge is 0.321 e. The summed E-state index contributed by atoms with van der Waals surface area (Å²) in [5.41, 5.74) is 1.74. The zero-order valence-corrected chi connectivity index (χ0v) is 15.2. The van der Waals surface area contributed by atoms with Crippen LogP contribution in [0.2, 0.25) is 0 Å². The van der Waals surface area contributed by atoms with Gasteiger partial charge in [-0.3, -0.25) is 14.3 Å². The number of nitrogens with one attached hydrogen (secondary N) is 2. The fourth-order valence-corrected chi connectivity index (χ4v) is 2.47. The van der Waals surface area contributed by atoms with E-state index in [1.165, 1.54) is 18.2 Å². The Labute approximate surface area is 161 Å². The number of anilines is 2. The molecule has 3 rings (SSSR count). The molecular formula is C21H19FN4O2. The normalized spacial score (nSPS) is 10.8. The van der Waals surface area contributed by atoms with Crippen molar-refractivity contribution < 1.29 is 14.0 Å². The number of halogens is 1. The number of hydrogen-bond acceptors (Lipinski definition) is 3. The molecule has 6 nitrogen and oxygen atoms in total. The lowest BCUT2D eigenvalue weighted by atomic mass is 10.2. The highest BCUT2D eigenvalue weighted by Gasteiger charge is 2.18. The van der Waals surface area contributed by atoms with Gasteiger partial charge in [0.25, 0.3) is 5.91 Å². The second-order valence-electron chi connectivity index (χ2n) is 5.94. The molecule has 2 aromatic carbocycles. The van der Waals surface area contributed by atoms with Crippen molar-refractivity contribution in [2.75, 3.05) is 10.6 Å². The van der Waals surface area contributed by atoms with Crippen LogP contribution in [0.1, 0.15) is 23.0 Å². The van der Waals surface area contributed by atoms with E-state index >= 15 is 0 Å². The van der Waals surface area contributed by atoms with Gasteiger partial charge in [-0.05, 0) is 42.8 Å². The van der Waals surface area contributed by atoms with E-state index in [0.717, 1.165) is 0 Å². The van der Waals surface area contributed by atoms with Crippen molar-refractivity contribution in [2.24, 2.45) is 0 Å². The van der Waals surface area contributed by atoms with E-state index in [-0.39, 0.29) is 11.5 Å². The van der Waals surface area contributed by atoms with Gasteiger partial charge in [0.05, 0.1) is 5.69 Å². The Kier molecular flexibility index (Phi) is 5.96. The van der Waals surface area contributed by atoms with E-state index < -0.39 is 11.8 Å². The average Bonchev–Trinajstić information content (AvgIpc) is 3.11. The number of nitrogens with zero attached hydrogens (tertiary/aromatic N) is 2. The highest BCUT2D eigenvalue weighted by molar-refractivity contribution is 6.10. The minimum absolute atomic E-state index is 0.120. The molecule has 0 aliphatic carbocycles. The molecule has 7 heteroatoms. The average molecular weight is 378 g/mol. The predicted molar refractivity (Wildman–Crippen MR) is 106 cm³/mol. The SMILES string of the molecule is CCn1cc(NC(=O)/C=C/c2ccc(F)cc2)c(C(=O)Nc2ccccc2)n1. The van der Waals surface area contributed by atoms with Crippen molar-refractivity contribution in [3.63, 3.8) is 0 Å². The summed E-state index contributed by atoms with van der Waals surface area (Å²) in [7, 11) is 0. The number of aryl methyl sites for hydroxylation is 1. The minimum Gasteiger partial charge on any atom is -0.321 e. The molecule has 3 aromatic rings. The van der Waals surface area contributed by atoms with Crippen LogP contribution in [0.25, 0.3) is 6.08 Å². The molecule has 2 amide bonds. The first-order valence-electron chi connectivity index (χ1n) is 8.73. The maximum atomic E-state index is 12.9. The van der Waals surface area contributed by atoms with Crippen LogP contribution in [0.4, 0.5) is 15.8 Å². The molecule has 0 aliphatic heterocycles. The van der Waals surface area contributed by atoms with Crippen molar-refractivity contribution in [1.29, 1.82) is 0 Å².